The van der Waals surface area contributed by atoms with Gasteiger partial charge in [0.15, 0.2) is 0 Å². The maximum Gasteiger partial charge on any atom is 0.237 e. The number of rotatable bonds is 8. The van der Waals surface area contributed by atoms with Gasteiger partial charge in [0.25, 0.3) is 0 Å². The highest BCUT2D eigenvalue weighted by atomic mass is 16.5. The molecule has 2 aromatic carbocycles. The lowest BCUT2D eigenvalue weighted by Crippen LogP contribution is -2.42. The van der Waals surface area contributed by atoms with E-state index in [1.807, 2.05) is 36.4 Å². The van der Waals surface area contributed by atoms with E-state index in [9.17, 15) is 9.59 Å². The maximum atomic E-state index is 12.5. The highest BCUT2D eigenvalue weighted by molar-refractivity contribution is 5.87. The molecule has 6 nitrogen and oxygen atoms in total. The molecule has 1 heterocycles. The van der Waals surface area contributed by atoms with E-state index in [1.165, 1.54) is 4.90 Å². The Bertz CT molecular complexity index is 929. The summed E-state index contributed by atoms with van der Waals surface area (Å²) in [5.74, 6) is -0.108. The maximum absolute atomic E-state index is 12.5. The van der Waals surface area contributed by atoms with Crippen molar-refractivity contribution in [3.8, 4) is 22.9 Å². The molecule has 6 heteroatoms. The van der Waals surface area contributed by atoms with Gasteiger partial charge in [-0.15, -0.1) is 6.58 Å². The minimum Gasteiger partial charge on any atom is -0.491 e. The van der Waals surface area contributed by atoms with E-state index in [0.717, 1.165) is 11.1 Å². The van der Waals surface area contributed by atoms with Gasteiger partial charge in [-0.25, -0.2) is 0 Å². The molecule has 0 bridgehead atoms. The fourth-order valence-corrected chi connectivity index (χ4v) is 3.58. The van der Waals surface area contributed by atoms with Crippen molar-refractivity contribution in [3.63, 3.8) is 0 Å². The Morgan fingerprint density at radius 2 is 1.83 bits per heavy atom. The second-order valence-electron chi connectivity index (χ2n) is 7.07. The Kier molecular flexibility index (Phi) is 6.30. The zero-order valence-electron chi connectivity index (χ0n) is 16.1. The molecule has 1 aliphatic rings. The lowest BCUT2D eigenvalue weighted by atomic mass is 10.0. The molecule has 2 amide bonds. The zero-order valence-corrected chi connectivity index (χ0v) is 16.1. The smallest absolute Gasteiger partial charge is 0.237 e. The average Bonchev–Trinajstić information content (AvgIpc) is 3.02. The number of allylic oxidation sites excluding steroid dienone is 1. The number of primary amides is 1. The van der Waals surface area contributed by atoms with E-state index in [0.29, 0.717) is 30.8 Å². The molecule has 0 saturated carbocycles. The van der Waals surface area contributed by atoms with Crippen LogP contribution in [0.1, 0.15) is 18.4 Å². The summed E-state index contributed by atoms with van der Waals surface area (Å²) in [6.07, 6.45) is 2.90. The third kappa shape index (κ3) is 4.82. The number of carbonyl (C=O) groups excluding carboxylic acids is 2. The molecule has 148 valence electrons. The minimum absolute atomic E-state index is 0.0755. The van der Waals surface area contributed by atoms with Crippen LogP contribution >= 0.6 is 0 Å². The van der Waals surface area contributed by atoms with Crippen LogP contribution in [0, 0.1) is 17.2 Å². The molecular formula is C23H23N3O3. The second-order valence-corrected chi connectivity index (χ2v) is 7.07. The standard InChI is InChI=1S/C23H23N3O3/c1-2-3-19-12-20(26(23(19)28)14-22(25)27)15-29-21-10-8-18(9-11-21)17-6-4-16(13-24)5-7-17/h2,4-11,19-20H,1,3,12,14-15H2,(H2,25,27)/t19-,20+/m1/s1. The molecule has 1 saturated heterocycles. The summed E-state index contributed by atoms with van der Waals surface area (Å²) < 4.78 is 5.89. The van der Waals surface area contributed by atoms with Gasteiger partial charge < -0.3 is 15.4 Å². The number of amides is 2. The Balaban J connectivity index is 1.65. The van der Waals surface area contributed by atoms with Gasteiger partial charge in [0.2, 0.25) is 11.8 Å². The van der Waals surface area contributed by atoms with Gasteiger partial charge in [-0.3, -0.25) is 9.59 Å². The van der Waals surface area contributed by atoms with Gasteiger partial charge in [-0.1, -0.05) is 30.3 Å². The predicted molar refractivity (Wildman–Crippen MR) is 110 cm³/mol. The molecule has 0 spiro atoms. The highest BCUT2D eigenvalue weighted by Crippen LogP contribution is 2.29. The number of ether oxygens (including phenoxy) is 1. The largest absolute Gasteiger partial charge is 0.491 e. The van der Waals surface area contributed by atoms with Crippen molar-refractivity contribution in [2.24, 2.45) is 11.7 Å². The first-order chi connectivity index (χ1) is 14.0. The Morgan fingerprint density at radius 1 is 1.21 bits per heavy atom. The van der Waals surface area contributed by atoms with Gasteiger partial charge in [0.05, 0.1) is 24.2 Å². The van der Waals surface area contributed by atoms with Gasteiger partial charge in [0.1, 0.15) is 12.4 Å². The van der Waals surface area contributed by atoms with Crippen LogP contribution in [-0.4, -0.2) is 35.9 Å². The van der Waals surface area contributed by atoms with Crippen LogP contribution in [0.2, 0.25) is 0 Å². The topological polar surface area (TPSA) is 96.4 Å². The summed E-state index contributed by atoms with van der Waals surface area (Å²) in [4.78, 5) is 25.4. The summed E-state index contributed by atoms with van der Waals surface area (Å²) >= 11 is 0. The molecule has 0 aromatic heterocycles. The monoisotopic (exact) mass is 389 g/mol. The third-order valence-corrected chi connectivity index (χ3v) is 5.05. The summed E-state index contributed by atoms with van der Waals surface area (Å²) in [6.45, 7) is 3.89. The van der Waals surface area contributed by atoms with E-state index in [1.54, 1.807) is 18.2 Å². The normalized spacial score (nSPS) is 18.3. The molecule has 2 aromatic rings. The highest BCUT2D eigenvalue weighted by Gasteiger charge is 2.39. The van der Waals surface area contributed by atoms with Crippen molar-refractivity contribution in [1.29, 1.82) is 5.26 Å². The lowest BCUT2D eigenvalue weighted by molar-refractivity contribution is -0.136. The lowest BCUT2D eigenvalue weighted by Gasteiger charge is -2.23. The SMILES string of the molecule is C=CC[C@@H]1C[C@@H](COc2ccc(-c3ccc(C#N)cc3)cc2)N(CC(N)=O)C1=O. The quantitative estimate of drug-likeness (QED) is 0.702. The van der Waals surface area contributed by atoms with Crippen molar-refractivity contribution in [3.05, 3.63) is 66.7 Å². The number of likely N-dealkylation sites (tertiary alicyclic amines) is 1. The second kappa shape index (κ2) is 9.07. The van der Waals surface area contributed by atoms with Gasteiger partial charge >= 0.3 is 0 Å². The number of hydrogen-bond acceptors (Lipinski definition) is 4. The summed E-state index contributed by atoms with van der Waals surface area (Å²) in [6, 6.07) is 16.9. The fourth-order valence-electron chi connectivity index (χ4n) is 3.58. The van der Waals surface area contributed by atoms with Crippen LogP contribution in [0.4, 0.5) is 0 Å². The fraction of sp³-hybridized carbons (Fsp3) is 0.261. The van der Waals surface area contributed by atoms with E-state index >= 15 is 0 Å². The van der Waals surface area contributed by atoms with Crippen LogP contribution in [0.3, 0.4) is 0 Å². The first-order valence-electron chi connectivity index (χ1n) is 9.45. The van der Waals surface area contributed by atoms with E-state index in [-0.39, 0.29) is 24.4 Å². The molecule has 0 radical (unpaired) electrons. The number of nitrogens with two attached hydrogens (primary N) is 1. The number of nitriles is 1. The molecule has 0 aliphatic carbocycles. The van der Waals surface area contributed by atoms with Crippen molar-refractivity contribution in [1.82, 2.24) is 4.90 Å². The molecule has 0 unspecified atom stereocenters. The van der Waals surface area contributed by atoms with Crippen molar-refractivity contribution < 1.29 is 14.3 Å². The summed E-state index contributed by atoms with van der Waals surface area (Å²) in [5, 5.41) is 8.89. The van der Waals surface area contributed by atoms with E-state index in [2.05, 4.69) is 12.6 Å². The minimum atomic E-state index is -0.533. The predicted octanol–water partition coefficient (Wildman–Crippen LogP) is 2.88. The zero-order chi connectivity index (χ0) is 20.8. The molecule has 3 rings (SSSR count). The molecule has 2 N–H and O–H groups in total. The Morgan fingerprint density at radius 3 is 2.38 bits per heavy atom. The molecule has 2 atom stereocenters. The van der Waals surface area contributed by atoms with E-state index in [4.69, 9.17) is 15.7 Å². The van der Waals surface area contributed by atoms with Gasteiger partial charge in [-0.05, 0) is 48.2 Å². The molecule has 29 heavy (non-hydrogen) atoms. The van der Waals surface area contributed by atoms with Crippen molar-refractivity contribution in [2.75, 3.05) is 13.2 Å². The van der Waals surface area contributed by atoms with Crippen LogP contribution in [0.25, 0.3) is 11.1 Å². The van der Waals surface area contributed by atoms with Crippen LogP contribution in [-0.2, 0) is 9.59 Å². The molecular weight excluding hydrogens is 366 g/mol. The number of carbonyl (C=O) groups is 2. The van der Waals surface area contributed by atoms with Crippen LogP contribution in [0.15, 0.2) is 61.2 Å². The Labute approximate surface area is 170 Å². The van der Waals surface area contributed by atoms with Gasteiger partial charge in [0, 0.05) is 5.92 Å². The number of nitrogens with zero attached hydrogens (tertiary/aromatic N) is 2. The van der Waals surface area contributed by atoms with Crippen molar-refractivity contribution >= 4 is 11.8 Å². The first-order valence-corrected chi connectivity index (χ1v) is 9.45. The Hall–Kier alpha value is -3.59. The first kappa shape index (κ1) is 20.2. The van der Waals surface area contributed by atoms with Crippen molar-refractivity contribution in [2.45, 2.75) is 18.9 Å². The third-order valence-electron chi connectivity index (χ3n) is 5.05. The summed E-state index contributed by atoms with van der Waals surface area (Å²) in [7, 11) is 0. The molecule has 1 aliphatic heterocycles. The average molecular weight is 389 g/mol. The number of benzene rings is 2. The van der Waals surface area contributed by atoms with E-state index < -0.39 is 5.91 Å². The molecule has 1 fully saturated rings. The van der Waals surface area contributed by atoms with Gasteiger partial charge in [-0.2, -0.15) is 5.26 Å². The summed E-state index contributed by atoms with van der Waals surface area (Å²) in [5.41, 5.74) is 7.95. The number of hydrogen-bond donors (Lipinski definition) is 1. The van der Waals surface area contributed by atoms with Crippen LogP contribution < -0.4 is 10.5 Å². The van der Waals surface area contributed by atoms with Crippen LogP contribution in [0.5, 0.6) is 5.75 Å².